The quantitative estimate of drug-likeness (QED) is 0.282. The lowest BCUT2D eigenvalue weighted by molar-refractivity contribution is 0.240. The molecule has 28 heavy (non-hydrogen) atoms. The first-order valence-electron chi connectivity index (χ1n) is 10.4. The van der Waals surface area contributed by atoms with Crippen LogP contribution in [0.15, 0.2) is 29.7 Å². The lowest BCUT2D eigenvalue weighted by atomic mass is 10.1. The Morgan fingerprint density at radius 2 is 1.64 bits per heavy atom. The normalized spacial score (nSPS) is 11.8. The summed E-state index contributed by atoms with van der Waals surface area (Å²) in [6, 6.07) is -0.0688. The largest absolute Gasteiger partial charge is 0.338 e. The van der Waals surface area contributed by atoms with Crippen molar-refractivity contribution in [1.29, 1.82) is 0 Å². The zero-order valence-corrected chi connectivity index (χ0v) is 17.9. The fourth-order valence-electron chi connectivity index (χ4n) is 2.71. The van der Waals surface area contributed by atoms with Crippen LogP contribution in [0.2, 0.25) is 0 Å². The average Bonchev–Trinajstić information content (AvgIpc) is 3.22. The van der Waals surface area contributed by atoms with E-state index in [4.69, 9.17) is 0 Å². The molecule has 7 nitrogen and oxygen atoms in total. The second-order valence-electron chi connectivity index (χ2n) is 6.92. The summed E-state index contributed by atoms with van der Waals surface area (Å²) >= 11 is 0. The molecule has 0 radical (unpaired) electrons. The first-order valence-corrected chi connectivity index (χ1v) is 12.1. The molecule has 0 aromatic carbocycles. The number of aromatic nitrogens is 2. The Balaban J connectivity index is 1.90. The van der Waals surface area contributed by atoms with E-state index in [0.717, 1.165) is 64.3 Å². The van der Waals surface area contributed by atoms with Crippen LogP contribution in [0.25, 0.3) is 0 Å². The van der Waals surface area contributed by atoms with Crippen molar-refractivity contribution < 1.29 is 13.2 Å². The van der Waals surface area contributed by atoms with Gasteiger partial charge in [-0.05, 0) is 44.9 Å². The molecule has 1 aromatic heterocycles. The van der Waals surface area contributed by atoms with Gasteiger partial charge in [0.05, 0.1) is 5.75 Å². The van der Waals surface area contributed by atoms with Gasteiger partial charge in [-0.25, -0.2) is 18.2 Å². The molecule has 8 heteroatoms. The van der Waals surface area contributed by atoms with Crippen LogP contribution >= 0.6 is 0 Å². The van der Waals surface area contributed by atoms with Crippen molar-refractivity contribution >= 4 is 15.9 Å². The minimum absolute atomic E-state index is 0.0656. The zero-order valence-electron chi connectivity index (χ0n) is 17.1. The van der Waals surface area contributed by atoms with Crippen LogP contribution in [-0.4, -0.2) is 43.3 Å². The van der Waals surface area contributed by atoms with Gasteiger partial charge >= 0.3 is 6.03 Å². The van der Waals surface area contributed by atoms with Crippen molar-refractivity contribution in [1.82, 2.24) is 20.6 Å². The van der Waals surface area contributed by atoms with Gasteiger partial charge < -0.3 is 15.6 Å². The number of carbonyl (C=O) groups excluding carboxylic acids is 1. The van der Waals surface area contributed by atoms with E-state index in [-0.39, 0.29) is 16.9 Å². The number of amides is 2. The number of nitrogens with one attached hydrogen (secondary N) is 3. The smallest absolute Gasteiger partial charge is 0.314 e. The van der Waals surface area contributed by atoms with E-state index in [1.807, 2.05) is 0 Å². The van der Waals surface area contributed by atoms with Gasteiger partial charge in [-0.15, -0.1) is 0 Å². The lowest BCUT2D eigenvalue weighted by Gasteiger charge is -2.06. The molecule has 0 aliphatic rings. The first-order chi connectivity index (χ1) is 13.6. The van der Waals surface area contributed by atoms with Gasteiger partial charge in [0, 0.05) is 25.5 Å². The monoisotopic (exact) mass is 412 g/mol. The van der Waals surface area contributed by atoms with Crippen LogP contribution < -0.4 is 10.6 Å². The number of imidazole rings is 1. The SMILES string of the molecule is CCCCCNC(=O)NCCCC/C=C\CCCCCS(=O)(=O)c1ncc[nH]1. The maximum absolute atomic E-state index is 11.9. The Morgan fingerprint density at radius 1 is 1.00 bits per heavy atom. The number of sulfone groups is 1. The first kappa shape index (κ1) is 24.2. The van der Waals surface area contributed by atoms with E-state index in [0.29, 0.717) is 13.0 Å². The molecular weight excluding hydrogens is 376 g/mol. The maximum atomic E-state index is 11.9. The predicted octanol–water partition coefficient (Wildman–Crippen LogP) is 3.96. The van der Waals surface area contributed by atoms with Gasteiger partial charge in [-0.3, -0.25) is 0 Å². The Labute approximate surface area is 169 Å². The van der Waals surface area contributed by atoms with Crippen molar-refractivity contribution in [2.24, 2.45) is 0 Å². The molecule has 1 heterocycles. The summed E-state index contributed by atoms with van der Waals surface area (Å²) in [6.07, 6.45) is 17.2. The molecule has 0 aliphatic carbocycles. The molecule has 0 unspecified atom stereocenters. The number of hydrogen-bond acceptors (Lipinski definition) is 4. The van der Waals surface area contributed by atoms with E-state index < -0.39 is 9.84 Å². The molecule has 0 fully saturated rings. The Hall–Kier alpha value is -1.83. The van der Waals surface area contributed by atoms with Gasteiger partial charge in [0.1, 0.15) is 0 Å². The molecule has 2 amide bonds. The molecule has 0 spiro atoms. The summed E-state index contributed by atoms with van der Waals surface area (Å²) < 4.78 is 23.9. The van der Waals surface area contributed by atoms with Crippen molar-refractivity contribution in [3.8, 4) is 0 Å². The summed E-state index contributed by atoms with van der Waals surface area (Å²) in [5.74, 6) is 0.142. The summed E-state index contributed by atoms with van der Waals surface area (Å²) in [7, 11) is -3.26. The van der Waals surface area contributed by atoms with Crippen LogP contribution in [0.1, 0.15) is 71.1 Å². The highest BCUT2D eigenvalue weighted by Gasteiger charge is 2.15. The fourth-order valence-corrected chi connectivity index (χ4v) is 3.96. The number of nitrogens with zero attached hydrogens (tertiary/aromatic N) is 1. The molecule has 1 rings (SSSR count). The standard InChI is InChI=1S/C20H36N4O3S/c1-2-3-11-14-21-19(25)22-15-12-9-7-5-4-6-8-10-13-18-28(26,27)20-23-16-17-24-20/h4-5,16-17H,2-3,6-15,18H2,1H3,(H,23,24)(H2,21,22,25)/b5-4-. The summed E-state index contributed by atoms with van der Waals surface area (Å²) in [6.45, 7) is 3.60. The van der Waals surface area contributed by atoms with Crippen LogP contribution in [0, 0.1) is 0 Å². The number of carbonyl (C=O) groups is 1. The Morgan fingerprint density at radius 3 is 2.25 bits per heavy atom. The molecule has 0 bridgehead atoms. The zero-order chi connectivity index (χ0) is 20.5. The molecule has 0 atom stereocenters. The van der Waals surface area contributed by atoms with Crippen molar-refractivity contribution in [3.63, 3.8) is 0 Å². The van der Waals surface area contributed by atoms with Crippen LogP contribution in [0.5, 0.6) is 0 Å². The summed E-state index contributed by atoms with van der Waals surface area (Å²) in [5, 5.41) is 5.81. The van der Waals surface area contributed by atoms with E-state index >= 15 is 0 Å². The number of urea groups is 1. The lowest BCUT2D eigenvalue weighted by Crippen LogP contribution is -2.36. The van der Waals surface area contributed by atoms with Gasteiger partial charge in [0.2, 0.25) is 15.0 Å². The van der Waals surface area contributed by atoms with Crippen molar-refractivity contribution in [3.05, 3.63) is 24.5 Å². The second kappa shape index (κ2) is 15.1. The second-order valence-corrected chi connectivity index (χ2v) is 8.94. The number of hydrogen-bond donors (Lipinski definition) is 3. The van der Waals surface area contributed by atoms with Crippen molar-refractivity contribution in [2.45, 2.75) is 76.3 Å². The Kier molecular flexibility index (Phi) is 13.1. The van der Waals surface area contributed by atoms with Crippen LogP contribution in [-0.2, 0) is 9.84 Å². The van der Waals surface area contributed by atoms with Crippen LogP contribution in [0.3, 0.4) is 0 Å². The summed E-state index contributed by atoms with van der Waals surface area (Å²) in [4.78, 5) is 18.0. The van der Waals surface area contributed by atoms with E-state index in [1.165, 1.54) is 12.4 Å². The van der Waals surface area contributed by atoms with Gasteiger partial charge in [-0.2, -0.15) is 0 Å². The highest BCUT2D eigenvalue weighted by Crippen LogP contribution is 2.09. The fraction of sp³-hybridized carbons (Fsp3) is 0.700. The Bertz CT molecular complexity index is 642. The third kappa shape index (κ3) is 11.8. The maximum Gasteiger partial charge on any atom is 0.314 e. The van der Waals surface area contributed by atoms with Gasteiger partial charge in [0.15, 0.2) is 0 Å². The van der Waals surface area contributed by atoms with E-state index in [9.17, 15) is 13.2 Å². The molecule has 160 valence electrons. The van der Waals surface area contributed by atoms with E-state index in [1.54, 1.807) is 0 Å². The minimum Gasteiger partial charge on any atom is -0.338 e. The van der Waals surface area contributed by atoms with E-state index in [2.05, 4.69) is 39.7 Å². The predicted molar refractivity (Wildman–Crippen MR) is 113 cm³/mol. The molecule has 3 N–H and O–H groups in total. The molecule has 0 saturated heterocycles. The van der Waals surface area contributed by atoms with Gasteiger partial charge in [-0.1, -0.05) is 38.3 Å². The third-order valence-electron chi connectivity index (χ3n) is 4.37. The average molecular weight is 413 g/mol. The number of unbranched alkanes of at least 4 members (excludes halogenated alkanes) is 7. The highest BCUT2D eigenvalue weighted by molar-refractivity contribution is 7.91. The van der Waals surface area contributed by atoms with Crippen molar-refractivity contribution in [2.75, 3.05) is 18.8 Å². The third-order valence-corrected chi connectivity index (χ3v) is 6.01. The number of H-pyrrole nitrogens is 1. The molecular formula is C20H36N4O3S. The number of rotatable bonds is 16. The number of allylic oxidation sites excluding steroid dienone is 2. The molecule has 0 aliphatic heterocycles. The topological polar surface area (TPSA) is 104 Å². The highest BCUT2D eigenvalue weighted by atomic mass is 32.2. The van der Waals surface area contributed by atoms with Gasteiger partial charge in [0.25, 0.3) is 0 Å². The number of aromatic amines is 1. The molecule has 0 saturated carbocycles. The summed E-state index contributed by atoms with van der Waals surface area (Å²) in [5.41, 5.74) is 0. The molecule has 1 aromatic rings. The minimum atomic E-state index is -3.26. The van der Waals surface area contributed by atoms with Crippen LogP contribution in [0.4, 0.5) is 4.79 Å².